The molecule has 0 spiro atoms. The van der Waals surface area contributed by atoms with Gasteiger partial charge in [0.05, 0.1) is 11.4 Å². The molecule has 0 bridgehead atoms. The van der Waals surface area contributed by atoms with Crippen molar-refractivity contribution in [2.24, 2.45) is 0 Å². The Hall–Kier alpha value is -2.02. The minimum Gasteiger partial charge on any atom is -0.481 e. The van der Waals surface area contributed by atoms with Gasteiger partial charge in [0.25, 0.3) is 0 Å². The van der Waals surface area contributed by atoms with E-state index in [4.69, 9.17) is 5.11 Å². The number of nitrogens with one attached hydrogen (secondary N) is 1. The molecule has 136 valence electrons. The van der Waals surface area contributed by atoms with Crippen LogP contribution in [0.1, 0.15) is 50.1 Å². The standard InChI is InChI=1S/C18H22F2N2O2S/c1-4-18(5-2,9-8-15(23)24)16-11(3)25-17(22-16)21-14-7-6-12(19)10-13(14)20/h6-7,10H,4-5,8-9H2,1-3H3,(H,21,22)(H,23,24). The van der Waals surface area contributed by atoms with E-state index in [0.717, 1.165) is 29.5 Å². The van der Waals surface area contributed by atoms with Crippen molar-refractivity contribution in [3.63, 3.8) is 0 Å². The molecule has 0 fully saturated rings. The van der Waals surface area contributed by atoms with Crippen LogP contribution in [0.4, 0.5) is 19.6 Å². The first-order valence-corrected chi connectivity index (χ1v) is 9.04. The van der Waals surface area contributed by atoms with Gasteiger partial charge in [0.15, 0.2) is 5.13 Å². The second-order valence-corrected chi connectivity index (χ2v) is 7.26. The van der Waals surface area contributed by atoms with Crippen LogP contribution in [0, 0.1) is 18.6 Å². The Balaban J connectivity index is 2.32. The number of carbonyl (C=O) groups is 1. The van der Waals surface area contributed by atoms with Crippen molar-refractivity contribution in [2.45, 2.75) is 51.9 Å². The number of nitrogens with zero attached hydrogens (tertiary/aromatic N) is 1. The Labute approximate surface area is 149 Å². The maximum Gasteiger partial charge on any atom is 0.303 e. The highest BCUT2D eigenvalue weighted by Gasteiger charge is 2.33. The van der Waals surface area contributed by atoms with Crippen LogP contribution in [-0.2, 0) is 10.2 Å². The molecule has 0 saturated carbocycles. The van der Waals surface area contributed by atoms with Crippen molar-refractivity contribution in [2.75, 3.05) is 5.32 Å². The normalized spacial score (nSPS) is 11.6. The van der Waals surface area contributed by atoms with Gasteiger partial charge in [0.1, 0.15) is 11.6 Å². The Bertz CT molecular complexity index is 758. The quantitative estimate of drug-likeness (QED) is 0.655. The van der Waals surface area contributed by atoms with Gasteiger partial charge in [-0.2, -0.15) is 0 Å². The van der Waals surface area contributed by atoms with E-state index in [2.05, 4.69) is 10.3 Å². The van der Waals surface area contributed by atoms with Gasteiger partial charge in [0.2, 0.25) is 0 Å². The second-order valence-electron chi connectivity index (χ2n) is 6.05. The van der Waals surface area contributed by atoms with Crippen LogP contribution in [0.5, 0.6) is 0 Å². The molecular formula is C18H22F2N2O2S. The van der Waals surface area contributed by atoms with Gasteiger partial charge in [-0.15, -0.1) is 11.3 Å². The van der Waals surface area contributed by atoms with Crippen molar-refractivity contribution < 1.29 is 18.7 Å². The summed E-state index contributed by atoms with van der Waals surface area (Å²) in [7, 11) is 0. The lowest BCUT2D eigenvalue weighted by Gasteiger charge is -2.30. The zero-order valence-electron chi connectivity index (χ0n) is 14.5. The second kappa shape index (κ2) is 7.91. The van der Waals surface area contributed by atoms with Crippen molar-refractivity contribution in [1.29, 1.82) is 0 Å². The number of rotatable bonds is 8. The largest absolute Gasteiger partial charge is 0.481 e. The molecule has 4 nitrogen and oxygen atoms in total. The molecule has 1 heterocycles. The molecule has 0 aliphatic carbocycles. The Morgan fingerprint density at radius 3 is 2.56 bits per heavy atom. The van der Waals surface area contributed by atoms with Crippen molar-refractivity contribution in [3.8, 4) is 0 Å². The number of carboxylic acid groups (broad SMARTS) is 1. The number of anilines is 2. The first-order valence-electron chi connectivity index (χ1n) is 8.23. The number of carboxylic acids is 1. The molecule has 7 heteroatoms. The van der Waals surface area contributed by atoms with Crippen LogP contribution >= 0.6 is 11.3 Å². The monoisotopic (exact) mass is 368 g/mol. The van der Waals surface area contributed by atoms with E-state index in [1.54, 1.807) is 0 Å². The summed E-state index contributed by atoms with van der Waals surface area (Å²) in [5.74, 6) is -2.15. The summed E-state index contributed by atoms with van der Waals surface area (Å²) < 4.78 is 26.9. The molecule has 0 amide bonds. The molecule has 2 aromatic rings. The van der Waals surface area contributed by atoms with Gasteiger partial charge < -0.3 is 10.4 Å². The minimum absolute atomic E-state index is 0.0774. The highest BCUT2D eigenvalue weighted by molar-refractivity contribution is 7.15. The molecule has 0 saturated heterocycles. The highest BCUT2D eigenvalue weighted by Crippen LogP contribution is 2.41. The average Bonchev–Trinajstić information content (AvgIpc) is 2.93. The van der Waals surface area contributed by atoms with Crippen LogP contribution in [0.25, 0.3) is 0 Å². The smallest absolute Gasteiger partial charge is 0.303 e. The fourth-order valence-corrected chi connectivity index (χ4v) is 4.00. The number of benzene rings is 1. The molecule has 1 aromatic heterocycles. The van der Waals surface area contributed by atoms with Crippen molar-refractivity contribution >= 4 is 28.1 Å². The summed E-state index contributed by atoms with van der Waals surface area (Å²) in [5.41, 5.74) is 0.694. The number of halogens is 2. The van der Waals surface area contributed by atoms with E-state index in [0.29, 0.717) is 11.6 Å². The summed E-state index contributed by atoms with van der Waals surface area (Å²) >= 11 is 1.38. The van der Waals surface area contributed by atoms with Crippen LogP contribution in [0.15, 0.2) is 18.2 Å². The summed E-state index contributed by atoms with van der Waals surface area (Å²) in [6.07, 6.45) is 2.12. The third-order valence-corrected chi connectivity index (χ3v) is 5.53. The lowest BCUT2D eigenvalue weighted by molar-refractivity contribution is -0.137. The topological polar surface area (TPSA) is 62.2 Å². The molecule has 0 radical (unpaired) electrons. The molecule has 0 aliphatic rings. The molecule has 2 N–H and O–H groups in total. The predicted octanol–water partition coefficient (Wildman–Crippen LogP) is 5.40. The number of aromatic nitrogens is 1. The van der Waals surface area contributed by atoms with Crippen LogP contribution in [-0.4, -0.2) is 16.1 Å². The Kier molecular flexibility index (Phi) is 6.11. The molecule has 2 rings (SSSR count). The Morgan fingerprint density at radius 2 is 2.00 bits per heavy atom. The summed E-state index contributed by atoms with van der Waals surface area (Å²) in [4.78, 5) is 16.6. The number of thiazole rings is 1. The lowest BCUT2D eigenvalue weighted by Crippen LogP contribution is -2.27. The van der Waals surface area contributed by atoms with E-state index in [9.17, 15) is 13.6 Å². The van der Waals surface area contributed by atoms with Crippen LogP contribution in [0.2, 0.25) is 0 Å². The molecule has 1 aromatic carbocycles. The van der Waals surface area contributed by atoms with Crippen LogP contribution < -0.4 is 5.32 Å². The van der Waals surface area contributed by atoms with Gasteiger partial charge in [-0.1, -0.05) is 13.8 Å². The van der Waals surface area contributed by atoms with Gasteiger partial charge >= 0.3 is 5.97 Å². The van der Waals surface area contributed by atoms with Crippen molar-refractivity contribution in [1.82, 2.24) is 4.98 Å². The van der Waals surface area contributed by atoms with Crippen molar-refractivity contribution in [3.05, 3.63) is 40.4 Å². The van der Waals surface area contributed by atoms with E-state index in [1.165, 1.54) is 23.5 Å². The average molecular weight is 368 g/mol. The third kappa shape index (κ3) is 4.34. The molecule has 0 unspecified atom stereocenters. The highest BCUT2D eigenvalue weighted by atomic mass is 32.1. The lowest BCUT2D eigenvalue weighted by atomic mass is 9.75. The van der Waals surface area contributed by atoms with Crippen LogP contribution in [0.3, 0.4) is 0 Å². The third-order valence-electron chi connectivity index (χ3n) is 4.64. The first kappa shape index (κ1) is 19.3. The van der Waals surface area contributed by atoms with E-state index < -0.39 is 17.6 Å². The maximum atomic E-state index is 13.8. The van der Waals surface area contributed by atoms with Gasteiger partial charge in [-0.3, -0.25) is 4.79 Å². The number of aliphatic carboxylic acids is 1. The molecule has 25 heavy (non-hydrogen) atoms. The zero-order valence-corrected chi connectivity index (χ0v) is 15.3. The zero-order chi connectivity index (χ0) is 18.6. The SMILES string of the molecule is CCC(CC)(CCC(=O)O)c1nc(Nc2ccc(F)cc2F)sc1C. The minimum atomic E-state index is -0.828. The molecular weight excluding hydrogens is 346 g/mol. The Morgan fingerprint density at radius 1 is 1.32 bits per heavy atom. The number of aryl methyl sites for hydroxylation is 1. The van der Waals surface area contributed by atoms with E-state index in [-0.39, 0.29) is 17.5 Å². The maximum absolute atomic E-state index is 13.8. The molecule has 0 aliphatic heterocycles. The van der Waals surface area contributed by atoms with E-state index >= 15 is 0 Å². The summed E-state index contributed by atoms with van der Waals surface area (Å²) in [6.45, 7) is 5.98. The fourth-order valence-electron chi connectivity index (χ4n) is 3.05. The van der Waals surface area contributed by atoms with Gasteiger partial charge in [0, 0.05) is 22.8 Å². The fraction of sp³-hybridized carbons (Fsp3) is 0.444. The number of hydrogen-bond donors (Lipinski definition) is 2. The van der Waals surface area contributed by atoms with E-state index in [1.807, 2.05) is 20.8 Å². The summed E-state index contributed by atoms with van der Waals surface area (Å²) in [5, 5.41) is 12.4. The predicted molar refractivity (Wildman–Crippen MR) is 95.6 cm³/mol. The number of hydrogen-bond acceptors (Lipinski definition) is 4. The van der Waals surface area contributed by atoms with Gasteiger partial charge in [-0.05, 0) is 38.3 Å². The van der Waals surface area contributed by atoms with Gasteiger partial charge in [-0.25, -0.2) is 13.8 Å². The first-order chi connectivity index (χ1) is 11.8. The summed E-state index contributed by atoms with van der Waals surface area (Å²) in [6, 6.07) is 3.33. The molecule has 0 atom stereocenters.